The summed E-state index contributed by atoms with van der Waals surface area (Å²) in [6.45, 7) is 0.485. The van der Waals surface area contributed by atoms with Crippen molar-refractivity contribution in [2.45, 2.75) is 6.54 Å². The highest BCUT2D eigenvalue weighted by Crippen LogP contribution is 2.11. The first-order chi connectivity index (χ1) is 14.2. The molecule has 0 N–H and O–H groups in total. The van der Waals surface area contributed by atoms with Crippen LogP contribution in [0.5, 0.6) is 0 Å². The van der Waals surface area contributed by atoms with Gasteiger partial charge >= 0.3 is 0 Å². The van der Waals surface area contributed by atoms with Gasteiger partial charge in [-0.25, -0.2) is 9.36 Å². The van der Waals surface area contributed by atoms with Crippen molar-refractivity contribution in [2.24, 2.45) is 0 Å². The molecule has 0 aliphatic heterocycles. The summed E-state index contributed by atoms with van der Waals surface area (Å²) in [7, 11) is 1.78. The predicted molar refractivity (Wildman–Crippen MR) is 113 cm³/mol. The molecular weight excluding hydrogens is 362 g/mol. The second kappa shape index (κ2) is 8.39. The zero-order valence-electron chi connectivity index (χ0n) is 16.1. The number of benzene rings is 2. The molecule has 0 aliphatic rings. The van der Waals surface area contributed by atoms with Gasteiger partial charge in [-0.3, -0.25) is 4.79 Å². The van der Waals surface area contributed by atoms with Crippen molar-refractivity contribution >= 4 is 12.0 Å². The largest absolute Gasteiger partial charge is 0.338 e. The van der Waals surface area contributed by atoms with Crippen LogP contribution in [0.25, 0.3) is 17.5 Å². The molecule has 2 aromatic heterocycles. The van der Waals surface area contributed by atoms with E-state index in [1.54, 1.807) is 41.2 Å². The predicted octanol–water partition coefficient (Wildman–Crippen LogP) is 3.73. The van der Waals surface area contributed by atoms with Crippen LogP contribution in [0.15, 0.2) is 91.5 Å². The number of likely N-dealkylation sites (N-methyl/N-ethyl adjacent to an activating group) is 1. The van der Waals surface area contributed by atoms with Crippen LogP contribution in [0.2, 0.25) is 0 Å². The van der Waals surface area contributed by atoms with Crippen molar-refractivity contribution in [3.63, 3.8) is 0 Å². The number of carbonyl (C=O) groups is 1. The number of rotatable bonds is 6. The topological polar surface area (TPSA) is 56.0 Å². The number of nitrogens with zero attached hydrogens (tertiary/aromatic N) is 5. The standard InChI is InChI=1S/C23H21N5O/c1-26(16-20-15-25-28(18-20)22-10-6-3-7-11-22)23(29)13-12-19-14-24-27(17-19)21-8-4-2-5-9-21/h2-15,17-18H,16H2,1H3/b13-12+. The lowest BCUT2D eigenvalue weighted by Crippen LogP contribution is -2.23. The van der Waals surface area contributed by atoms with Gasteiger partial charge in [-0.1, -0.05) is 36.4 Å². The lowest BCUT2D eigenvalue weighted by Gasteiger charge is -2.13. The average Bonchev–Trinajstić information content (AvgIpc) is 3.43. The minimum absolute atomic E-state index is 0.0788. The van der Waals surface area contributed by atoms with Crippen molar-refractivity contribution in [1.82, 2.24) is 24.5 Å². The van der Waals surface area contributed by atoms with Gasteiger partial charge in [-0.05, 0) is 30.3 Å². The molecule has 0 spiro atoms. The molecule has 0 unspecified atom stereocenters. The maximum atomic E-state index is 12.5. The molecule has 0 aliphatic carbocycles. The molecule has 4 aromatic rings. The first-order valence-electron chi connectivity index (χ1n) is 9.31. The normalized spacial score (nSPS) is 11.1. The Hall–Kier alpha value is -3.93. The minimum Gasteiger partial charge on any atom is -0.338 e. The summed E-state index contributed by atoms with van der Waals surface area (Å²) < 4.78 is 3.59. The van der Waals surface area contributed by atoms with Crippen LogP contribution in [0.3, 0.4) is 0 Å². The lowest BCUT2D eigenvalue weighted by atomic mass is 10.3. The Kier molecular flexibility index (Phi) is 5.33. The molecule has 0 fully saturated rings. The maximum Gasteiger partial charge on any atom is 0.246 e. The Morgan fingerprint density at radius 2 is 1.48 bits per heavy atom. The maximum absolute atomic E-state index is 12.5. The van der Waals surface area contributed by atoms with E-state index in [1.165, 1.54) is 0 Å². The Morgan fingerprint density at radius 3 is 2.14 bits per heavy atom. The van der Waals surface area contributed by atoms with Crippen molar-refractivity contribution in [1.29, 1.82) is 0 Å². The average molecular weight is 383 g/mol. The molecule has 2 heterocycles. The molecule has 0 bridgehead atoms. The Balaban J connectivity index is 1.38. The zero-order valence-corrected chi connectivity index (χ0v) is 16.1. The van der Waals surface area contributed by atoms with Crippen LogP contribution in [0.1, 0.15) is 11.1 Å². The third-order valence-corrected chi connectivity index (χ3v) is 4.49. The van der Waals surface area contributed by atoms with Gasteiger partial charge in [0.2, 0.25) is 5.91 Å². The van der Waals surface area contributed by atoms with E-state index in [4.69, 9.17) is 0 Å². The van der Waals surface area contributed by atoms with Crippen LogP contribution in [-0.2, 0) is 11.3 Å². The number of carbonyl (C=O) groups excluding carboxylic acids is 1. The van der Waals surface area contributed by atoms with Gasteiger partial charge in [0.05, 0.1) is 23.8 Å². The molecule has 1 amide bonds. The van der Waals surface area contributed by atoms with Crippen LogP contribution in [0.4, 0.5) is 0 Å². The van der Waals surface area contributed by atoms with Crippen molar-refractivity contribution in [3.8, 4) is 11.4 Å². The molecule has 0 radical (unpaired) electrons. The van der Waals surface area contributed by atoms with E-state index in [2.05, 4.69) is 10.2 Å². The summed E-state index contributed by atoms with van der Waals surface area (Å²) in [6.07, 6.45) is 10.7. The first kappa shape index (κ1) is 18.4. The van der Waals surface area contributed by atoms with E-state index in [9.17, 15) is 4.79 Å². The third-order valence-electron chi connectivity index (χ3n) is 4.49. The first-order valence-corrected chi connectivity index (χ1v) is 9.31. The van der Waals surface area contributed by atoms with Crippen molar-refractivity contribution in [3.05, 3.63) is 103 Å². The van der Waals surface area contributed by atoms with E-state index < -0.39 is 0 Å². The number of aromatic nitrogens is 4. The molecular formula is C23H21N5O. The molecule has 0 saturated carbocycles. The van der Waals surface area contributed by atoms with Gasteiger partial charge in [0.1, 0.15) is 0 Å². The van der Waals surface area contributed by atoms with Crippen LogP contribution in [0, 0.1) is 0 Å². The Bertz CT molecular complexity index is 1110. The quantitative estimate of drug-likeness (QED) is 0.477. The SMILES string of the molecule is CN(Cc1cnn(-c2ccccc2)c1)C(=O)/C=C/c1cnn(-c2ccccc2)c1. The summed E-state index contributed by atoms with van der Waals surface area (Å²) in [5.41, 5.74) is 3.80. The second-order valence-electron chi connectivity index (χ2n) is 6.71. The van der Waals surface area contributed by atoms with E-state index in [0.717, 1.165) is 22.5 Å². The summed E-state index contributed by atoms with van der Waals surface area (Å²) in [5.74, 6) is -0.0788. The molecule has 2 aromatic carbocycles. The summed E-state index contributed by atoms with van der Waals surface area (Å²) in [4.78, 5) is 14.1. The molecule has 29 heavy (non-hydrogen) atoms. The van der Waals surface area contributed by atoms with E-state index >= 15 is 0 Å². The molecule has 6 nitrogen and oxygen atoms in total. The number of para-hydroxylation sites is 2. The Labute approximate surface area is 169 Å². The highest BCUT2D eigenvalue weighted by atomic mass is 16.2. The molecule has 4 rings (SSSR count). The molecule has 0 atom stereocenters. The molecule has 6 heteroatoms. The number of hydrogen-bond acceptors (Lipinski definition) is 3. The Morgan fingerprint density at radius 1 is 0.897 bits per heavy atom. The van der Waals surface area contributed by atoms with Crippen molar-refractivity contribution < 1.29 is 4.79 Å². The summed E-state index contributed by atoms with van der Waals surface area (Å²) >= 11 is 0. The highest BCUT2D eigenvalue weighted by molar-refractivity contribution is 5.91. The third kappa shape index (κ3) is 4.50. The van der Waals surface area contributed by atoms with Gasteiger partial charge in [0, 0.05) is 43.2 Å². The van der Waals surface area contributed by atoms with Gasteiger partial charge < -0.3 is 4.90 Å². The van der Waals surface area contributed by atoms with Crippen molar-refractivity contribution in [2.75, 3.05) is 7.05 Å². The lowest BCUT2D eigenvalue weighted by molar-refractivity contribution is -0.125. The second-order valence-corrected chi connectivity index (χ2v) is 6.71. The smallest absolute Gasteiger partial charge is 0.246 e. The highest BCUT2D eigenvalue weighted by Gasteiger charge is 2.08. The van der Waals surface area contributed by atoms with Crippen LogP contribution < -0.4 is 0 Å². The van der Waals surface area contributed by atoms with Crippen LogP contribution >= 0.6 is 0 Å². The zero-order chi connectivity index (χ0) is 20.1. The number of amides is 1. The fourth-order valence-corrected chi connectivity index (χ4v) is 2.95. The molecule has 144 valence electrons. The van der Waals surface area contributed by atoms with Crippen LogP contribution in [-0.4, -0.2) is 37.4 Å². The van der Waals surface area contributed by atoms with Gasteiger partial charge in [-0.2, -0.15) is 10.2 Å². The molecule has 0 saturated heterocycles. The van der Waals surface area contributed by atoms with Gasteiger partial charge in [-0.15, -0.1) is 0 Å². The van der Waals surface area contributed by atoms with E-state index in [0.29, 0.717) is 6.54 Å². The fraction of sp³-hybridized carbons (Fsp3) is 0.0870. The summed E-state index contributed by atoms with van der Waals surface area (Å²) in [6, 6.07) is 19.7. The van der Waals surface area contributed by atoms with E-state index in [-0.39, 0.29) is 5.91 Å². The van der Waals surface area contributed by atoms with Gasteiger partial charge in [0.15, 0.2) is 0 Å². The number of hydrogen-bond donors (Lipinski definition) is 0. The monoisotopic (exact) mass is 383 g/mol. The van der Waals surface area contributed by atoms with Gasteiger partial charge in [0.25, 0.3) is 0 Å². The van der Waals surface area contributed by atoms with E-state index in [1.807, 2.05) is 77.7 Å². The fourth-order valence-electron chi connectivity index (χ4n) is 2.95. The minimum atomic E-state index is -0.0788. The summed E-state index contributed by atoms with van der Waals surface area (Å²) in [5, 5.41) is 8.71.